The number of pyridine rings is 1. The summed E-state index contributed by atoms with van der Waals surface area (Å²) in [6.45, 7) is 10.7. The van der Waals surface area contributed by atoms with Crippen LogP contribution in [0.1, 0.15) is 57.9 Å². The van der Waals surface area contributed by atoms with Gasteiger partial charge in [-0.2, -0.15) is 0 Å². The molecule has 0 bridgehead atoms. The van der Waals surface area contributed by atoms with Crippen LogP contribution < -0.4 is 10.3 Å². The van der Waals surface area contributed by atoms with Crippen molar-refractivity contribution in [3.8, 4) is 5.75 Å². The SMILES string of the molecule is CCCCOc1c(C(=O)OCC)n(CC(C)(C)C)c(=O)c2cc(Cl)c(Cl)cc12. The minimum atomic E-state index is -0.594. The highest BCUT2D eigenvalue weighted by Crippen LogP contribution is 2.35. The number of esters is 1. The number of unbranched alkanes of at least 4 members (excludes halogenated alkanes) is 1. The van der Waals surface area contributed by atoms with E-state index in [0.717, 1.165) is 12.8 Å². The summed E-state index contributed by atoms with van der Waals surface area (Å²) in [6.07, 6.45) is 1.74. The molecule has 0 saturated carbocycles. The fourth-order valence-electron chi connectivity index (χ4n) is 2.90. The molecule has 7 heteroatoms. The van der Waals surface area contributed by atoms with E-state index in [9.17, 15) is 9.59 Å². The van der Waals surface area contributed by atoms with Crippen molar-refractivity contribution in [2.45, 2.75) is 54.0 Å². The molecule has 28 heavy (non-hydrogen) atoms. The number of ether oxygens (including phenoxy) is 2. The summed E-state index contributed by atoms with van der Waals surface area (Å²) in [5.41, 5.74) is -0.464. The molecule has 1 aromatic heterocycles. The third-order valence-electron chi connectivity index (χ3n) is 4.11. The standard InChI is InChI=1S/C21H27Cl2NO4/c1-6-8-9-28-18-13-10-15(22)16(23)11-14(13)19(25)24(12-21(3,4)5)17(18)20(26)27-7-2/h10-11H,6-9,12H2,1-5H3. The van der Waals surface area contributed by atoms with Gasteiger partial charge in [-0.3, -0.25) is 9.36 Å². The maximum Gasteiger partial charge on any atom is 0.358 e. The predicted octanol–water partition coefficient (Wildman–Crippen LogP) is 5.71. The molecule has 0 unspecified atom stereocenters. The van der Waals surface area contributed by atoms with Crippen molar-refractivity contribution >= 4 is 39.9 Å². The zero-order valence-electron chi connectivity index (χ0n) is 17.0. The molecule has 1 aromatic carbocycles. The molecular weight excluding hydrogens is 401 g/mol. The second kappa shape index (κ2) is 9.19. The molecule has 0 fully saturated rings. The molecule has 0 aliphatic rings. The summed E-state index contributed by atoms with van der Waals surface area (Å²) in [5.74, 6) is -0.285. The number of aromatic nitrogens is 1. The van der Waals surface area contributed by atoms with Gasteiger partial charge in [-0.25, -0.2) is 4.79 Å². The Labute approximate surface area is 175 Å². The summed E-state index contributed by atoms with van der Waals surface area (Å²) in [5, 5.41) is 1.39. The molecule has 0 radical (unpaired) electrons. The zero-order chi connectivity index (χ0) is 21.1. The number of nitrogens with zero attached hydrogens (tertiary/aromatic N) is 1. The van der Waals surface area contributed by atoms with Crippen LogP contribution in [0.5, 0.6) is 5.75 Å². The topological polar surface area (TPSA) is 57.5 Å². The normalized spacial score (nSPS) is 11.7. The number of hydrogen-bond donors (Lipinski definition) is 0. The molecule has 0 atom stereocenters. The van der Waals surface area contributed by atoms with E-state index in [-0.39, 0.29) is 33.3 Å². The van der Waals surface area contributed by atoms with Crippen LogP contribution in [0, 0.1) is 5.41 Å². The summed E-state index contributed by atoms with van der Waals surface area (Å²) in [6, 6.07) is 3.11. The van der Waals surface area contributed by atoms with E-state index in [1.165, 1.54) is 10.6 Å². The Morgan fingerprint density at radius 1 is 1.11 bits per heavy atom. The molecule has 2 aromatic rings. The average molecular weight is 428 g/mol. The average Bonchev–Trinajstić information content (AvgIpc) is 2.59. The number of hydrogen-bond acceptors (Lipinski definition) is 4. The molecular formula is C21H27Cl2NO4. The lowest BCUT2D eigenvalue weighted by atomic mass is 9.96. The lowest BCUT2D eigenvalue weighted by molar-refractivity contribution is 0.0504. The van der Waals surface area contributed by atoms with Gasteiger partial charge in [-0.15, -0.1) is 0 Å². The quantitative estimate of drug-likeness (QED) is 0.419. The third kappa shape index (κ3) is 5.00. The van der Waals surface area contributed by atoms with E-state index < -0.39 is 5.97 Å². The van der Waals surface area contributed by atoms with Crippen molar-refractivity contribution < 1.29 is 14.3 Å². The van der Waals surface area contributed by atoms with Gasteiger partial charge in [0, 0.05) is 11.9 Å². The fourth-order valence-corrected chi connectivity index (χ4v) is 3.23. The first-order valence-electron chi connectivity index (χ1n) is 9.46. The van der Waals surface area contributed by atoms with Crippen molar-refractivity contribution in [2.24, 2.45) is 5.41 Å². The molecule has 0 aliphatic carbocycles. The van der Waals surface area contributed by atoms with E-state index in [0.29, 0.717) is 29.7 Å². The van der Waals surface area contributed by atoms with Crippen molar-refractivity contribution in [3.05, 3.63) is 38.2 Å². The first-order chi connectivity index (χ1) is 13.1. The van der Waals surface area contributed by atoms with E-state index in [4.69, 9.17) is 32.7 Å². The van der Waals surface area contributed by atoms with Gasteiger partial charge in [-0.05, 0) is 30.9 Å². The van der Waals surface area contributed by atoms with E-state index >= 15 is 0 Å². The van der Waals surface area contributed by atoms with Crippen LogP contribution in [0.4, 0.5) is 0 Å². The van der Waals surface area contributed by atoms with Crippen LogP contribution in [0.2, 0.25) is 10.0 Å². The highest BCUT2D eigenvalue weighted by molar-refractivity contribution is 6.42. The summed E-state index contributed by atoms with van der Waals surface area (Å²) < 4.78 is 12.7. The zero-order valence-corrected chi connectivity index (χ0v) is 18.5. The van der Waals surface area contributed by atoms with Crippen LogP contribution in [0.3, 0.4) is 0 Å². The Balaban J connectivity index is 2.90. The van der Waals surface area contributed by atoms with Gasteiger partial charge in [0.05, 0.1) is 28.6 Å². The van der Waals surface area contributed by atoms with Gasteiger partial charge in [0.1, 0.15) is 0 Å². The van der Waals surface area contributed by atoms with Crippen LogP contribution >= 0.6 is 23.2 Å². The molecule has 0 amide bonds. The number of rotatable bonds is 7. The van der Waals surface area contributed by atoms with Crippen LogP contribution in [0.15, 0.2) is 16.9 Å². The first kappa shape index (κ1) is 22.6. The van der Waals surface area contributed by atoms with Gasteiger partial charge in [0.15, 0.2) is 11.4 Å². The summed E-state index contributed by atoms with van der Waals surface area (Å²) in [4.78, 5) is 26.1. The molecule has 0 aliphatic heterocycles. The van der Waals surface area contributed by atoms with Crippen LogP contribution in [-0.2, 0) is 11.3 Å². The number of halogens is 2. The van der Waals surface area contributed by atoms with E-state index in [1.54, 1.807) is 13.0 Å². The molecule has 2 rings (SSSR count). The largest absolute Gasteiger partial charge is 0.490 e. The lowest BCUT2D eigenvalue weighted by Gasteiger charge is -2.24. The molecule has 0 N–H and O–H groups in total. The Morgan fingerprint density at radius 3 is 2.25 bits per heavy atom. The number of carbonyl (C=O) groups is 1. The maximum absolute atomic E-state index is 13.3. The van der Waals surface area contributed by atoms with Crippen molar-refractivity contribution in [1.29, 1.82) is 0 Å². The Kier molecular flexibility index (Phi) is 7.40. The van der Waals surface area contributed by atoms with Crippen LogP contribution in [0.25, 0.3) is 10.8 Å². The maximum atomic E-state index is 13.3. The minimum Gasteiger partial charge on any atom is -0.490 e. The third-order valence-corrected chi connectivity index (χ3v) is 4.83. The predicted molar refractivity (Wildman–Crippen MR) is 114 cm³/mol. The summed E-state index contributed by atoms with van der Waals surface area (Å²) >= 11 is 12.4. The van der Waals surface area contributed by atoms with Gasteiger partial charge in [-0.1, -0.05) is 57.3 Å². The Hall–Kier alpha value is -1.72. The second-order valence-corrected chi connectivity index (χ2v) is 8.68. The molecule has 1 heterocycles. The van der Waals surface area contributed by atoms with Crippen molar-refractivity contribution in [3.63, 3.8) is 0 Å². The van der Waals surface area contributed by atoms with Gasteiger partial charge < -0.3 is 9.47 Å². The summed E-state index contributed by atoms with van der Waals surface area (Å²) in [7, 11) is 0. The second-order valence-electron chi connectivity index (χ2n) is 7.86. The molecule has 0 spiro atoms. The van der Waals surface area contributed by atoms with Crippen molar-refractivity contribution in [1.82, 2.24) is 4.57 Å². The highest BCUT2D eigenvalue weighted by atomic mass is 35.5. The van der Waals surface area contributed by atoms with Crippen molar-refractivity contribution in [2.75, 3.05) is 13.2 Å². The van der Waals surface area contributed by atoms with E-state index in [2.05, 4.69) is 0 Å². The molecule has 0 saturated heterocycles. The lowest BCUT2D eigenvalue weighted by Crippen LogP contribution is -2.32. The van der Waals surface area contributed by atoms with Crippen LogP contribution in [-0.4, -0.2) is 23.8 Å². The van der Waals surface area contributed by atoms with E-state index in [1.807, 2.05) is 27.7 Å². The number of carbonyl (C=O) groups excluding carboxylic acids is 1. The molecule has 5 nitrogen and oxygen atoms in total. The minimum absolute atomic E-state index is 0.115. The first-order valence-corrected chi connectivity index (χ1v) is 10.2. The molecule has 154 valence electrons. The monoisotopic (exact) mass is 427 g/mol. The number of fused-ring (bicyclic) bond motifs is 1. The fraction of sp³-hybridized carbons (Fsp3) is 0.524. The number of benzene rings is 1. The smallest absolute Gasteiger partial charge is 0.358 e. The van der Waals surface area contributed by atoms with Gasteiger partial charge >= 0.3 is 5.97 Å². The Bertz CT molecular complexity index is 929. The highest BCUT2D eigenvalue weighted by Gasteiger charge is 2.27. The van der Waals surface area contributed by atoms with Gasteiger partial charge in [0.25, 0.3) is 5.56 Å². The Morgan fingerprint density at radius 2 is 1.71 bits per heavy atom. The van der Waals surface area contributed by atoms with Gasteiger partial charge in [0.2, 0.25) is 0 Å².